The molecule has 0 unspecified atom stereocenters. The Balaban J connectivity index is 1.95. The van der Waals surface area contributed by atoms with E-state index in [0.717, 1.165) is 12.5 Å². The molecule has 4 rings (SSSR count). The number of nitriles is 1. The average molecular weight is 369 g/mol. The molecule has 2 heterocycles. The van der Waals surface area contributed by atoms with Gasteiger partial charge in [-0.1, -0.05) is 6.07 Å². The number of fused-ring (bicyclic) bond motifs is 5. The maximum atomic E-state index is 14.8. The van der Waals surface area contributed by atoms with E-state index in [1.54, 1.807) is 6.07 Å². The predicted octanol–water partition coefficient (Wildman–Crippen LogP) is 3.79. The largest absolute Gasteiger partial charge is 0.455 e. The van der Waals surface area contributed by atoms with Crippen LogP contribution in [0, 0.1) is 23.0 Å². The summed E-state index contributed by atoms with van der Waals surface area (Å²) in [6.45, 7) is 1.99. The molecule has 0 bridgehead atoms. The molecule has 1 saturated heterocycles. The van der Waals surface area contributed by atoms with Crippen LogP contribution in [0.5, 0.6) is 11.5 Å². The standard InChI is InChI=1S/C20H17F2N3O2/c1-11(26)24-15-5-3-7-25-16-8-12(10-23)14(22)9-18(16)27-17-6-2-4-13(21)19(17)20(15)25/h2,4,6,8-9,15,20H,3,5,7H2,1H3,(H,24,26)/t15-,20+/m1/s1. The molecule has 1 N–H and O–H groups in total. The van der Waals surface area contributed by atoms with Crippen molar-refractivity contribution < 1.29 is 18.3 Å². The van der Waals surface area contributed by atoms with Gasteiger partial charge in [-0.2, -0.15) is 5.26 Å². The lowest BCUT2D eigenvalue weighted by Gasteiger charge is -2.42. The molecule has 0 saturated carbocycles. The third-order valence-electron chi connectivity index (χ3n) is 5.03. The van der Waals surface area contributed by atoms with Gasteiger partial charge in [-0.3, -0.25) is 4.79 Å². The smallest absolute Gasteiger partial charge is 0.217 e. The lowest BCUT2D eigenvalue weighted by molar-refractivity contribution is -0.120. The summed E-state index contributed by atoms with van der Waals surface area (Å²) in [4.78, 5) is 13.6. The number of carbonyl (C=O) groups is 1. The Hall–Kier alpha value is -3.14. The fourth-order valence-electron chi connectivity index (χ4n) is 3.98. The van der Waals surface area contributed by atoms with E-state index in [9.17, 15) is 18.8 Å². The molecule has 0 aromatic heterocycles. The van der Waals surface area contributed by atoms with Gasteiger partial charge in [0.25, 0.3) is 0 Å². The van der Waals surface area contributed by atoms with Gasteiger partial charge in [-0.05, 0) is 31.0 Å². The van der Waals surface area contributed by atoms with Gasteiger partial charge >= 0.3 is 0 Å². The number of carbonyl (C=O) groups excluding carboxylic acids is 1. The minimum absolute atomic E-state index is 0.107. The molecular formula is C20H17F2N3O2. The molecule has 1 amide bonds. The molecule has 0 aliphatic carbocycles. The molecule has 1 fully saturated rings. The van der Waals surface area contributed by atoms with Gasteiger partial charge in [0.2, 0.25) is 5.91 Å². The average Bonchev–Trinajstić information content (AvgIpc) is 2.76. The molecular weight excluding hydrogens is 352 g/mol. The molecule has 5 nitrogen and oxygen atoms in total. The SMILES string of the molecule is CC(=O)N[C@@H]1CCCN2c3cc(C#N)c(F)cc3Oc3cccc(F)c3[C@H]12. The quantitative estimate of drug-likeness (QED) is 0.831. The lowest BCUT2D eigenvalue weighted by Crippen LogP contribution is -2.49. The number of halogens is 2. The number of rotatable bonds is 1. The highest BCUT2D eigenvalue weighted by atomic mass is 19.1. The van der Waals surface area contributed by atoms with Crippen molar-refractivity contribution in [2.75, 3.05) is 11.4 Å². The zero-order chi connectivity index (χ0) is 19.1. The Labute approximate surface area is 155 Å². The van der Waals surface area contributed by atoms with Crippen LogP contribution in [0.3, 0.4) is 0 Å². The van der Waals surface area contributed by atoms with Gasteiger partial charge in [0.05, 0.1) is 28.9 Å². The summed E-state index contributed by atoms with van der Waals surface area (Å²) in [6, 6.07) is 8.07. The Morgan fingerprint density at radius 1 is 1.30 bits per heavy atom. The number of nitrogens with zero attached hydrogens (tertiary/aromatic N) is 2. The Bertz CT molecular complexity index is 970. The van der Waals surface area contributed by atoms with E-state index in [4.69, 9.17) is 4.74 Å². The molecule has 2 aliphatic rings. The number of hydrogen-bond acceptors (Lipinski definition) is 4. The maximum absolute atomic E-state index is 14.8. The van der Waals surface area contributed by atoms with E-state index in [0.29, 0.717) is 24.2 Å². The van der Waals surface area contributed by atoms with Crippen LogP contribution in [0.4, 0.5) is 14.5 Å². The van der Waals surface area contributed by atoms with Crippen molar-refractivity contribution in [2.45, 2.75) is 31.8 Å². The van der Waals surface area contributed by atoms with Crippen molar-refractivity contribution in [2.24, 2.45) is 0 Å². The van der Waals surface area contributed by atoms with Crippen LogP contribution < -0.4 is 15.0 Å². The highest BCUT2D eigenvalue weighted by Gasteiger charge is 2.40. The maximum Gasteiger partial charge on any atom is 0.217 e. The highest BCUT2D eigenvalue weighted by molar-refractivity contribution is 5.74. The van der Waals surface area contributed by atoms with E-state index in [-0.39, 0.29) is 29.0 Å². The third kappa shape index (κ3) is 2.87. The minimum atomic E-state index is -0.692. The van der Waals surface area contributed by atoms with Crippen LogP contribution in [0.2, 0.25) is 0 Å². The number of anilines is 1. The lowest BCUT2D eigenvalue weighted by atomic mass is 9.89. The fourth-order valence-corrected chi connectivity index (χ4v) is 3.98. The monoisotopic (exact) mass is 369 g/mol. The molecule has 138 valence electrons. The summed E-state index contributed by atoms with van der Waals surface area (Å²) >= 11 is 0. The van der Waals surface area contributed by atoms with Crippen LogP contribution in [-0.4, -0.2) is 18.5 Å². The second kappa shape index (κ2) is 6.54. The molecule has 2 aromatic rings. The van der Waals surface area contributed by atoms with Crippen LogP contribution in [0.25, 0.3) is 0 Å². The number of hydrogen-bond donors (Lipinski definition) is 1. The van der Waals surface area contributed by atoms with E-state index in [1.165, 1.54) is 25.1 Å². The van der Waals surface area contributed by atoms with Crippen molar-refractivity contribution in [1.29, 1.82) is 5.26 Å². The van der Waals surface area contributed by atoms with Crippen molar-refractivity contribution in [3.05, 3.63) is 53.1 Å². The molecule has 2 aromatic carbocycles. The zero-order valence-electron chi connectivity index (χ0n) is 14.6. The van der Waals surface area contributed by atoms with E-state index < -0.39 is 17.7 Å². The Morgan fingerprint density at radius 2 is 2.11 bits per heavy atom. The first-order valence-electron chi connectivity index (χ1n) is 8.73. The van der Waals surface area contributed by atoms with Crippen molar-refractivity contribution >= 4 is 11.6 Å². The number of amides is 1. The van der Waals surface area contributed by atoms with Gasteiger partial charge in [0.1, 0.15) is 23.5 Å². The summed E-state index contributed by atoms with van der Waals surface area (Å²) < 4.78 is 34.9. The normalized spacial score (nSPS) is 20.3. The summed E-state index contributed by atoms with van der Waals surface area (Å²) in [5.41, 5.74) is 0.735. The minimum Gasteiger partial charge on any atom is -0.455 e. The van der Waals surface area contributed by atoms with Crippen LogP contribution in [0.1, 0.15) is 36.9 Å². The van der Waals surface area contributed by atoms with Crippen molar-refractivity contribution in [3.8, 4) is 17.6 Å². The first-order chi connectivity index (χ1) is 13.0. The molecule has 0 spiro atoms. The zero-order valence-corrected chi connectivity index (χ0v) is 14.6. The van der Waals surface area contributed by atoms with Gasteiger partial charge in [0.15, 0.2) is 5.75 Å². The Morgan fingerprint density at radius 3 is 2.85 bits per heavy atom. The molecule has 27 heavy (non-hydrogen) atoms. The van der Waals surface area contributed by atoms with Gasteiger partial charge in [-0.15, -0.1) is 0 Å². The second-order valence-electron chi connectivity index (χ2n) is 6.75. The number of nitrogens with one attached hydrogen (secondary N) is 1. The third-order valence-corrected chi connectivity index (χ3v) is 5.03. The van der Waals surface area contributed by atoms with Crippen molar-refractivity contribution in [3.63, 3.8) is 0 Å². The second-order valence-corrected chi connectivity index (χ2v) is 6.75. The van der Waals surface area contributed by atoms with E-state index in [1.807, 2.05) is 11.0 Å². The molecule has 0 radical (unpaired) electrons. The van der Waals surface area contributed by atoms with Crippen LogP contribution in [0.15, 0.2) is 30.3 Å². The van der Waals surface area contributed by atoms with E-state index >= 15 is 0 Å². The van der Waals surface area contributed by atoms with Gasteiger partial charge < -0.3 is 15.0 Å². The van der Waals surface area contributed by atoms with Crippen LogP contribution >= 0.6 is 0 Å². The molecule has 2 aliphatic heterocycles. The number of ether oxygens (including phenoxy) is 1. The molecule has 7 heteroatoms. The Kier molecular flexibility index (Phi) is 4.19. The topological polar surface area (TPSA) is 65.4 Å². The summed E-state index contributed by atoms with van der Waals surface area (Å²) in [7, 11) is 0. The van der Waals surface area contributed by atoms with Gasteiger partial charge in [0, 0.05) is 19.5 Å². The first kappa shape index (κ1) is 17.3. The predicted molar refractivity (Wildman–Crippen MR) is 94.5 cm³/mol. The van der Waals surface area contributed by atoms with Crippen molar-refractivity contribution in [1.82, 2.24) is 5.32 Å². The summed E-state index contributed by atoms with van der Waals surface area (Å²) in [6.07, 6.45) is 1.43. The summed E-state index contributed by atoms with van der Waals surface area (Å²) in [5.74, 6) is -0.840. The fraction of sp³-hybridized carbons (Fsp3) is 0.300. The number of benzene rings is 2. The first-order valence-corrected chi connectivity index (χ1v) is 8.73. The van der Waals surface area contributed by atoms with Crippen LogP contribution in [-0.2, 0) is 4.79 Å². The highest BCUT2D eigenvalue weighted by Crippen LogP contribution is 2.48. The summed E-state index contributed by atoms with van der Waals surface area (Å²) in [5, 5.41) is 12.1. The number of piperidine rings is 1. The molecule has 2 atom stereocenters. The van der Waals surface area contributed by atoms with E-state index in [2.05, 4.69) is 5.32 Å². The van der Waals surface area contributed by atoms with Gasteiger partial charge in [-0.25, -0.2) is 8.78 Å².